The molecule has 0 spiro atoms. The minimum atomic E-state index is -3.73. The van der Waals surface area contributed by atoms with E-state index in [4.69, 9.17) is 4.74 Å². The lowest BCUT2D eigenvalue weighted by atomic mass is 10.2. The van der Waals surface area contributed by atoms with E-state index in [-0.39, 0.29) is 4.90 Å². The van der Waals surface area contributed by atoms with Crippen molar-refractivity contribution < 1.29 is 26.4 Å². The second-order valence-corrected chi connectivity index (χ2v) is 12.3. The minimum Gasteiger partial charge on any atom is -0.494 e. The van der Waals surface area contributed by atoms with Crippen LogP contribution in [0.1, 0.15) is 39.0 Å². The van der Waals surface area contributed by atoms with Crippen molar-refractivity contribution in [3.8, 4) is 5.75 Å². The molecular weight excluding hydrogens is 490 g/mol. The number of nitrogens with one attached hydrogen (secondary N) is 1. The number of anilines is 2. The second kappa shape index (κ2) is 11.9. The highest BCUT2D eigenvalue weighted by molar-refractivity contribution is 7.92. The summed E-state index contributed by atoms with van der Waals surface area (Å²) in [5.41, 5.74) is 0.715. The Bertz CT molecular complexity index is 1190. The van der Waals surface area contributed by atoms with Crippen molar-refractivity contribution in [1.29, 1.82) is 0 Å². The molecule has 0 aliphatic carbocycles. The second-order valence-electron chi connectivity index (χ2n) is 8.50. The maximum atomic E-state index is 12.9. The Balaban J connectivity index is 1.67. The molecular formula is C24H33N3O6S2. The molecule has 1 aliphatic rings. The first kappa shape index (κ1) is 27.0. The zero-order valence-electron chi connectivity index (χ0n) is 20.1. The standard InChI is InChI=1S/C24H33N3O6S2/c1-3-18-33-22-12-10-21(11-13-22)27(34(2,29)30)19-24(28)25-20-8-14-23(15-9-20)35(31,32)26-16-6-4-5-7-17-26/h8-15H,3-7,16-19H2,1-2H3,(H,25,28). The number of benzene rings is 2. The number of carbonyl (C=O) groups excluding carboxylic acids is 1. The highest BCUT2D eigenvalue weighted by Gasteiger charge is 2.25. The summed E-state index contributed by atoms with van der Waals surface area (Å²) in [6.45, 7) is 3.12. The van der Waals surface area contributed by atoms with Crippen molar-refractivity contribution in [3.05, 3.63) is 48.5 Å². The van der Waals surface area contributed by atoms with E-state index in [9.17, 15) is 21.6 Å². The van der Waals surface area contributed by atoms with Gasteiger partial charge in [0.2, 0.25) is 26.0 Å². The average Bonchev–Trinajstić information content (AvgIpc) is 3.12. The Morgan fingerprint density at radius 2 is 1.54 bits per heavy atom. The number of nitrogens with zero attached hydrogens (tertiary/aromatic N) is 2. The Kier molecular flexibility index (Phi) is 9.15. The number of amides is 1. The van der Waals surface area contributed by atoms with Gasteiger partial charge in [0.05, 0.1) is 23.4 Å². The molecule has 0 atom stereocenters. The first-order valence-corrected chi connectivity index (χ1v) is 15.0. The van der Waals surface area contributed by atoms with Crippen LogP contribution >= 0.6 is 0 Å². The van der Waals surface area contributed by atoms with Crippen LogP contribution in [0.3, 0.4) is 0 Å². The summed E-state index contributed by atoms with van der Waals surface area (Å²) in [5, 5.41) is 2.64. The van der Waals surface area contributed by atoms with E-state index in [1.807, 2.05) is 6.92 Å². The summed E-state index contributed by atoms with van der Waals surface area (Å²) in [4.78, 5) is 12.8. The summed E-state index contributed by atoms with van der Waals surface area (Å²) in [5.74, 6) is 0.0635. The molecule has 1 heterocycles. The van der Waals surface area contributed by atoms with Crippen LogP contribution < -0.4 is 14.4 Å². The zero-order chi connectivity index (χ0) is 25.5. The third-order valence-corrected chi connectivity index (χ3v) is 8.68. The molecule has 35 heavy (non-hydrogen) atoms. The predicted octanol–water partition coefficient (Wildman–Crippen LogP) is 3.44. The summed E-state index contributed by atoms with van der Waals surface area (Å²) in [6.07, 6.45) is 5.63. The lowest BCUT2D eigenvalue weighted by Crippen LogP contribution is -2.37. The van der Waals surface area contributed by atoms with Crippen molar-refractivity contribution in [1.82, 2.24) is 4.31 Å². The number of hydrogen-bond donors (Lipinski definition) is 1. The van der Waals surface area contributed by atoms with Crippen LogP contribution in [0.5, 0.6) is 5.75 Å². The van der Waals surface area contributed by atoms with Crippen LogP contribution in [0.4, 0.5) is 11.4 Å². The van der Waals surface area contributed by atoms with Crippen LogP contribution in [0.15, 0.2) is 53.4 Å². The van der Waals surface area contributed by atoms with E-state index in [1.165, 1.54) is 28.6 Å². The third-order valence-electron chi connectivity index (χ3n) is 5.63. The first-order valence-electron chi connectivity index (χ1n) is 11.7. The number of sulfonamides is 2. The largest absolute Gasteiger partial charge is 0.494 e. The van der Waals surface area contributed by atoms with Gasteiger partial charge in [0.1, 0.15) is 12.3 Å². The van der Waals surface area contributed by atoms with Gasteiger partial charge in [-0.3, -0.25) is 9.10 Å². The molecule has 11 heteroatoms. The fraction of sp³-hybridized carbons (Fsp3) is 0.458. The van der Waals surface area contributed by atoms with Crippen LogP contribution in [0, 0.1) is 0 Å². The molecule has 0 radical (unpaired) electrons. The van der Waals surface area contributed by atoms with Gasteiger partial charge in [0.15, 0.2) is 0 Å². The lowest BCUT2D eigenvalue weighted by Gasteiger charge is -2.22. The number of rotatable bonds is 10. The zero-order valence-corrected chi connectivity index (χ0v) is 21.8. The molecule has 1 saturated heterocycles. The van der Waals surface area contributed by atoms with E-state index < -0.39 is 32.5 Å². The molecule has 1 aliphatic heterocycles. The SMILES string of the molecule is CCCOc1ccc(N(CC(=O)Nc2ccc(S(=O)(=O)N3CCCCCC3)cc2)S(C)(=O)=O)cc1. The van der Waals surface area contributed by atoms with Crippen LogP contribution in [-0.4, -0.2) is 59.5 Å². The van der Waals surface area contributed by atoms with Crippen molar-refractivity contribution >= 4 is 37.3 Å². The molecule has 2 aromatic carbocycles. The highest BCUT2D eigenvalue weighted by atomic mass is 32.2. The Morgan fingerprint density at radius 1 is 0.943 bits per heavy atom. The fourth-order valence-corrected chi connectivity index (χ4v) is 6.17. The maximum Gasteiger partial charge on any atom is 0.245 e. The third kappa shape index (κ3) is 7.42. The van der Waals surface area contributed by atoms with Crippen LogP contribution in [0.25, 0.3) is 0 Å². The minimum absolute atomic E-state index is 0.167. The summed E-state index contributed by atoms with van der Waals surface area (Å²) in [7, 11) is -7.32. The molecule has 1 N–H and O–H groups in total. The van der Waals surface area contributed by atoms with Crippen LogP contribution in [0.2, 0.25) is 0 Å². The van der Waals surface area contributed by atoms with Gasteiger partial charge in [-0.25, -0.2) is 16.8 Å². The van der Waals surface area contributed by atoms with Crippen molar-refractivity contribution in [2.75, 3.05) is 42.1 Å². The van der Waals surface area contributed by atoms with E-state index in [2.05, 4.69) is 5.32 Å². The molecule has 1 amide bonds. The first-order chi connectivity index (χ1) is 16.6. The molecule has 0 saturated carbocycles. The number of carbonyl (C=O) groups is 1. The Hall–Kier alpha value is -2.63. The smallest absolute Gasteiger partial charge is 0.245 e. The summed E-state index contributed by atoms with van der Waals surface area (Å²) in [6, 6.07) is 12.4. The molecule has 0 unspecified atom stereocenters. The summed E-state index contributed by atoms with van der Waals surface area (Å²) < 4.78 is 58.6. The topological polar surface area (TPSA) is 113 Å². The van der Waals surface area contributed by atoms with Gasteiger partial charge < -0.3 is 10.1 Å². The van der Waals surface area contributed by atoms with Gasteiger partial charge in [0, 0.05) is 18.8 Å². The van der Waals surface area contributed by atoms with Crippen LogP contribution in [-0.2, 0) is 24.8 Å². The fourth-order valence-electron chi connectivity index (χ4n) is 3.80. The van der Waals surface area contributed by atoms with Crippen molar-refractivity contribution in [2.24, 2.45) is 0 Å². The maximum absolute atomic E-state index is 12.9. The van der Waals surface area contributed by atoms with Gasteiger partial charge in [-0.15, -0.1) is 0 Å². The quantitative estimate of drug-likeness (QED) is 0.510. The molecule has 0 bridgehead atoms. The Morgan fingerprint density at radius 3 is 2.09 bits per heavy atom. The number of hydrogen-bond acceptors (Lipinski definition) is 6. The molecule has 1 fully saturated rings. The van der Waals surface area contributed by atoms with Gasteiger partial charge in [0.25, 0.3) is 0 Å². The highest BCUT2D eigenvalue weighted by Crippen LogP contribution is 2.23. The molecule has 2 aromatic rings. The Labute approximate surface area is 208 Å². The average molecular weight is 524 g/mol. The van der Waals surface area contributed by atoms with E-state index in [0.717, 1.165) is 42.7 Å². The van der Waals surface area contributed by atoms with Gasteiger partial charge in [-0.2, -0.15) is 4.31 Å². The van der Waals surface area contributed by atoms with E-state index in [1.54, 1.807) is 24.3 Å². The van der Waals surface area contributed by atoms with Crippen molar-refractivity contribution in [3.63, 3.8) is 0 Å². The monoisotopic (exact) mass is 523 g/mol. The van der Waals surface area contributed by atoms with E-state index >= 15 is 0 Å². The molecule has 9 nitrogen and oxygen atoms in total. The molecule has 192 valence electrons. The molecule has 3 rings (SSSR count). The lowest BCUT2D eigenvalue weighted by molar-refractivity contribution is -0.114. The van der Waals surface area contributed by atoms with Gasteiger partial charge in [-0.1, -0.05) is 19.8 Å². The van der Waals surface area contributed by atoms with Gasteiger partial charge >= 0.3 is 0 Å². The molecule has 0 aromatic heterocycles. The summed E-state index contributed by atoms with van der Waals surface area (Å²) >= 11 is 0. The van der Waals surface area contributed by atoms with Crippen molar-refractivity contribution in [2.45, 2.75) is 43.9 Å². The van der Waals surface area contributed by atoms with E-state index in [0.29, 0.717) is 36.8 Å². The van der Waals surface area contributed by atoms with Gasteiger partial charge in [-0.05, 0) is 67.8 Å². The normalized spacial score (nSPS) is 15.3. The predicted molar refractivity (Wildman–Crippen MR) is 137 cm³/mol. The number of ether oxygens (including phenoxy) is 1.